The van der Waals surface area contributed by atoms with E-state index in [-0.39, 0.29) is 0 Å². The van der Waals surface area contributed by atoms with Crippen molar-refractivity contribution < 1.29 is 5.11 Å². The van der Waals surface area contributed by atoms with Crippen LogP contribution in [-0.4, -0.2) is 45.5 Å². The molecule has 0 fully saturated rings. The molecule has 1 aromatic rings. The Bertz CT molecular complexity index is 349. The molecule has 0 aliphatic rings. The highest BCUT2D eigenvalue weighted by atomic mass is 16.3. The number of aromatic nitrogens is 2. The van der Waals surface area contributed by atoms with Crippen molar-refractivity contribution in [2.75, 3.05) is 25.4 Å². The predicted molar refractivity (Wildman–Crippen MR) is 78.8 cm³/mol. The van der Waals surface area contributed by atoms with E-state index in [9.17, 15) is 5.11 Å². The van der Waals surface area contributed by atoms with Crippen LogP contribution in [0.2, 0.25) is 0 Å². The topological polar surface area (TPSA) is 67.3 Å². The minimum absolute atomic E-state index is 0.409. The smallest absolute Gasteiger partial charge is 0.0862 e. The second-order valence-electron chi connectivity index (χ2n) is 5.18. The molecule has 0 aliphatic carbocycles. The Kier molecular flexibility index (Phi) is 6.87. The second kappa shape index (κ2) is 8.17. The Morgan fingerprint density at radius 1 is 1.32 bits per heavy atom. The van der Waals surface area contributed by atoms with Crippen LogP contribution < -0.4 is 5.73 Å². The molecule has 5 nitrogen and oxygen atoms in total. The Balaban J connectivity index is 2.41. The Labute approximate surface area is 116 Å². The van der Waals surface area contributed by atoms with Crippen molar-refractivity contribution in [1.82, 2.24) is 14.7 Å². The van der Waals surface area contributed by atoms with E-state index in [2.05, 4.69) is 30.8 Å². The van der Waals surface area contributed by atoms with Crippen molar-refractivity contribution in [2.45, 2.75) is 46.3 Å². The molecule has 1 aromatic heterocycles. The summed E-state index contributed by atoms with van der Waals surface area (Å²) in [6, 6.07) is 0. The first-order valence-corrected chi connectivity index (χ1v) is 7.27. The average molecular weight is 268 g/mol. The summed E-state index contributed by atoms with van der Waals surface area (Å²) in [5.74, 6) is 0.715. The zero-order valence-electron chi connectivity index (χ0n) is 12.4. The molecule has 19 heavy (non-hydrogen) atoms. The fourth-order valence-electron chi connectivity index (χ4n) is 2.30. The van der Waals surface area contributed by atoms with Crippen LogP contribution in [-0.2, 0) is 6.54 Å². The third kappa shape index (κ3) is 5.61. The minimum atomic E-state index is -0.409. The summed E-state index contributed by atoms with van der Waals surface area (Å²) >= 11 is 0. The molecule has 5 heteroatoms. The van der Waals surface area contributed by atoms with E-state index in [4.69, 9.17) is 5.73 Å². The number of hydrogen-bond acceptors (Lipinski definition) is 4. The van der Waals surface area contributed by atoms with Crippen LogP contribution in [0.4, 0.5) is 5.69 Å². The zero-order valence-corrected chi connectivity index (χ0v) is 12.4. The molecule has 1 atom stereocenters. The van der Waals surface area contributed by atoms with Gasteiger partial charge >= 0.3 is 0 Å². The van der Waals surface area contributed by atoms with Gasteiger partial charge in [-0.3, -0.25) is 4.68 Å². The molecule has 0 radical (unpaired) electrons. The van der Waals surface area contributed by atoms with Crippen LogP contribution in [0.5, 0.6) is 0 Å². The standard InChI is InChI=1S/C14H28N4O/c1-4-12(5-2)8-17(6-3)10-14(19)11-18-9-13(15)7-16-18/h7,9,12,14,19H,4-6,8,10-11,15H2,1-3H3. The van der Waals surface area contributed by atoms with Gasteiger partial charge in [-0.2, -0.15) is 5.10 Å². The van der Waals surface area contributed by atoms with Crippen LogP contribution in [0.15, 0.2) is 12.4 Å². The predicted octanol–water partition coefficient (Wildman–Crippen LogP) is 1.58. The number of aliphatic hydroxyl groups excluding tert-OH is 1. The third-order valence-corrected chi connectivity index (χ3v) is 3.64. The number of nitrogens with zero attached hydrogens (tertiary/aromatic N) is 3. The van der Waals surface area contributed by atoms with Crippen molar-refractivity contribution >= 4 is 5.69 Å². The van der Waals surface area contributed by atoms with Crippen molar-refractivity contribution in [1.29, 1.82) is 0 Å². The van der Waals surface area contributed by atoms with E-state index < -0.39 is 6.10 Å². The van der Waals surface area contributed by atoms with Crippen LogP contribution in [0.1, 0.15) is 33.6 Å². The van der Waals surface area contributed by atoms with Crippen molar-refractivity contribution in [3.63, 3.8) is 0 Å². The van der Waals surface area contributed by atoms with E-state index in [1.165, 1.54) is 12.8 Å². The maximum atomic E-state index is 10.1. The van der Waals surface area contributed by atoms with Gasteiger partial charge in [0.2, 0.25) is 0 Å². The first-order chi connectivity index (χ1) is 9.08. The number of nitrogen functional groups attached to an aromatic ring is 1. The average Bonchev–Trinajstić information content (AvgIpc) is 2.79. The van der Waals surface area contributed by atoms with Gasteiger partial charge in [-0.05, 0) is 12.5 Å². The summed E-state index contributed by atoms with van der Waals surface area (Å²) in [4.78, 5) is 2.31. The first-order valence-electron chi connectivity index (χ1n) is 7.27. The molecule has 0 aromatic carbocycles. The number of rotatable bonds is 9. The molecule has 0 amide bonds. The van der Waals surface area contributed by atoms with E-state index >= 15 is 0 Å². The quantitative estimate of drug-likeness (QED) is 0.713. The normalized spacial score (nSPS) is 13.4. The fraction of sp³-hybridized carbons (Fsp3) is 0.786. The monoisotopic (exact) mass is 268 g/mol. The van der Waals surface area contributed by atoms with E-state index in [0.29, 0.717) is 24.7 Å². The van der Waals surface area contributed by atoms with Crippen molar-refractivity contribution in [3.05, 3.63) is 12.4 Å². The highest BCUT2D eigenvalue weighted by molar-refractivity contribution is 5.30. The highest BCUT2D eigenvalue weighted by Crippen LogP contribution is 2.10. The molecule has 1 unspecified atom stereocenters. The number of hydrogen-bond donors (Lipinski definition) is 2. The number of aliphatic hydroxyl groups is 1. The van der Waals surface area contributed by atoms with Crippen LogP contribution in [0.25, 0.3) is 0 Å². The molecule has 0 saturated carbocycles. The highest BCUT2D eigenvalue weighted by Gasteiger charge is 2.14. The molecule has 0 spiro atoms. The summed E-state index contributed by atoms with van der Waals surface area (Å²) in [7, 11) is 0. The summed E-state index contributed by atoms with van der Waals surface area (Å²) in [6.45, 7) is 9.80. The van der Waals surface area contributed by atoms with E-state index in [0.717, 1.165) is 13.1 Å². The largest absolute Gasteiger partial charge is 0.396 e. The van der Waals surface area contributed by atoms with Gasteiger partial charge in [0.15, 0.2) is 0 Å². The Morgan fingerprint density at radius 3 is 2.47 bits per heavy atom. The molecule has 1 rings (SSSR count). The number of anilines is 1. The Hall–Kier alpha value is -1.07. The molecule has 110 valence electrons. The lowest BCUT2D eigenvalue weighted by atomic mass is 10.0. The molecular weight excluding hydrogens is 240 g/mol. The SMILES string of the molecule is CCC(CC)CN(CC)CC(O)Cn1cc(N)cn1. The van der Waals surface area contributed by atoms with Gasteiger partial charge in [0.25, 0.3) is 0 Å². The van der Waals surface area contributed by atoms with Crippen LogP contribution in [0, 0.1) is 5.92 Å². The number of nitrogens with two attached hydrogens (primary N) is 1. The van der Waals surface area contributed by atoms with Crippen molar-refractivity contribution in [3.8, 4) is 0 Å². The Morgan fingerprint density at radius 2 is 2.00 bits per heavy atom. The lowest BCUT2D eigenvalue weighted by Gasteiger charge is -2.27. The third-order valence-electron chi connectivity index (χ3n) is 3.64. The van der Waals surface area contributed by atoms with Gasteiger partial charge in [0.05, 0.1) is 24.5 Å². The van der Waals surface area contributed by atoms with Gasteiger partial charge in [0, 0.05) is 19.3 Å². The summed E-state index contributed by atoms with van der Waals surface area (Å²) in [5.41, 5.74) is 6.24. The molecule has 1 heterocycles. The van der Waals surface area contributed by atoms with Gasteiger partial charge in [-0.15, -0.1) is 0 Å². The molecule has 0 saturated heterocycles. The minimum Gasteiger partial charge on any atom is -0.396 e. The van der Waals surface area contributed by atoms with Gasteiger partial charge in [0.1, 0.15) is 0 Å². The maximum absolute atomic E-state index is 10.1. The maximum Gasteiger partial charge on any atom is 0.0862 e. The molecule has 0 aliphatic heterocycles. The number of likely N-dealkylation sites (N-methyl/N-ethyl adjacent to an activating group) is 1. The van der Waals surface area contributed by atoms with Crippen LogP contribution >= 0.6 is 0 Å². The zero-order chi connectivity index (χ0) is 14.3. The summed E-state index contributed by atoms with van der Waals surface area (Å²) < 4.78 is 1.70. The lowest BCUT2D eigenvalue weighted by Crippen LogP contribution is -2.37. The first kappa shape index (κ1) is 16.0. The molecule has 3 N–H and O–H groups in total. The summed E-state index contributed by atoms with van der Waals surface area (Å²) in [6.07, 6.45) is 5.33. The van der Waals surface area contributed by atoms with E-state index in [1.807, 2.05) is 0 Å². The van der Waals surface area contributed by atoms with Gasteiger partial charge in [-0.25, -0.2) is 0 Å². The second-order valence-corrected chi connectivity index (χ2v) is 5.18. The van der Waals surface area contributed by atoms with Gasteiger partial charge < -0.3 is 15.7 Å². The lowest BCUT2D eigenvalue weighted by molar-refractivity contribution is 0.0885. The molecule has 0 bridgehead atoms. The van der Waals surface area contributed by atoms with E-state index in [1.54, 1.807) is 17.1 Å². The van der Waals surface area contributed by atoms with Crippen LogP contribution in [0.3, 0.4) is 0 Å². The van der Waals surface area contributed by atoms with Gasteiger partial charge in [-0.1, -0.05) is 33.6 Å². The molecular formula is C14H28N4O. The fourth-order valence-corrected chi connectivity index (χ4v) is 2.30. The summed E-state index contributed by atoms with van der Waals surface area (Å²) in [5, 5.41) is 14.2. The van der Waals surface area contributed by atoms with Crippen molar-refractivity contribution in [2.24, 2.45) is 5.92 Å².